The van der Waals surface area contributed by atoms with Crippen molar-refractivity contribution >= 4 is 11.7 Å². The molecule has 0 radical (unpaired) electrons. The zero-order valence-corrected chi connectivity index (χ0v) is 10.7. The molecule has 0 spiro atoms. The zero-order valence-electron chi connectivity index (χ0n) is 10.7. The fourth-order valence-corrected chi connectivity index (χ4v) is 1.45. The number of hydrogen-bond donors (Lipinski definition) is 2. The molecule has 0 unspecified atom stereocenters. The van der Waals surface area contributed by atoms with Crippen LogP contribution in [-0.4, -0.2) is 24.3 Å². The van der Waals surface area contributed by atoms with E-state index >= 15 is 0 Å². The maximum Gasteiger partial charge on any atom is 0.339 e. The molecule has 3 N–H and O–H groups in total. The number of nitrogens with two attached hydrogens (primary N) is 1. The molecular weight excluding hydrogens is 234 g/mol. The molecule has 1 aromatic rings. The van der Waals surface area contributed by atoms with Crippen LogP contribution in [0.5, 0.6) is 11.5 Å². The molecule has 1 aromatic carbocycles. The fourth-order valence-electron chi connectivity index (χ4n) is 1.45. The summed E-state index contributed by atoms with van der Waals surface area (Å²) in [5.41, 5.74) is 6.27. The summed E-state index contributed by atoms with van der Waals surface area (Å²) in [4.78, 5) is 11.1. The summed E-state index contributed by atoms with van der Waals surface area (Å²) in [7, 11) is 0. The summed E-state index contributed by atoms with van der Waals surface area (Å²) >= 11 is 0. The largest absolute Gasteiger partial charge is 0.489 e. The molecule has 5 heteroatoms. The Labute approximate surface area is 107 Å². The lowest BCUT2D eigenvalue weighted by molar-refractivity contribution is 0.0691. The van der Waals surface area contributed by atoms with Gasteiger partial charge in [-0.2, -0.15) is 0 Å². The normalized spacial score (nSPS) is 10.1. The van der Waals surface area contributed by atoms with Crippen LogP contribution in [-0.2, 0) is 0 Å². The van der Waals surface area contributed by atoms with E-state index < -0.39 is 5.97 Å². The number of nitrogen functional groups attached to an aromatic ring is 1. The van der Waals surface area contributed by atoms with Gasteiger partial charge >= 0.3 is 5.97 Å². The van der Waals surface area contributed by atoms with E-state index in [2.05, 4.69) is 0 Å². The molecule has 18 heavy (non-hydrogen) atoms. The Bertz CT molecular complexity index is 418. The first-order valence-corrected chi connectivity index (χ1v) is 6.03. The third-order valence-electron chi connectivity index (χ3n) is 2.27. The van der Waals surface area contributed by atoms with Crippen LogP contribution in [0.25, 0.3) is 0 Å². The van der Waals surface area contributed by atoms with Gasteiger partial charge in [-0.1, -0.05) is 13.8 Å². The molecule has 5 nitrogen and oxygen atoms in total. The van der Waals surface area contributed by atoms with Gasteiger partial charge in [-0.3, -0.25) is 0 Å². The maximum atomic E-state index is 11.1. The summed E-state index contributed by atoms with van der Waals surface area (Å²) in [6.45, 7) is 4.80. The number of ether oxygens (including phenoxy) is 2. The van der Waals surface area contributed by atoms with Crippen LogP contribution in [0, 0.1) is 0 Å². The van der Waals surface area contributed by atoms with Crippen molar-refractivity contribution in [2.75, 3.05) is 18.9 Å². The second-order valence-corrected chi connectivity index (χ2v) is 3.86. The van der Waals surface area contributed by atoms with Gasteiger partial charge in [-0.25, -0.2) is 4.79 Å². The van der Waals surface area contributed by atoms with Crippen molar-refractivity contribution in [1.29, 1.82) is 0 Å². The molecule has 0 saturated heterocycles. The quantitative estimate of drug-likeness (QED) is 0.730. The first-order valence-electron chi connectivity index (χ1n) is 6.03. The molecule has 0 aliphatic rings. The highest BCUT2D eigenvalue weighted by Crippen LogP contribution is 2.37. The highest BCUT2D eigenvalue weighted by molar-refractivity contribution is 5.93. The molecule has 0 aromatic heterocycles. The molecule has 0 fully saturated rings. The molecular formula is C13H19NO4. The van der Waals surface area contributed by atoms with E-state index in [0.717, 1.165) is 12.8 Å². The van der Waals surface area contributed by atoms with Crippen molar-refractivity contribution < 1.29 is 19.4 Å². The minimum absolute atomic E-state index is 0.0729. The Morgan fingerprint density at radius 1 is 1.17 bits per heavy atom. The average Bonchev–Trinajstić information content (AvgIpc) is 2.34. The van der Waals surface area contributed by atoms with Crippen LogP contribution in [0.2, 0.25) is 0 Å². The van der Waals surface area contributed by atoms with E-state index in [4.69, 9.17) is 20.3 Å². The monoisotopic (exact) mass is 253 g/mol. The average molecular weight is 253 g/mol. The topological polar surface area (TPSA) is 81.8 Å². The molecule has 0 heterocycles. The Morgan fingerprint density at radius 3 is 2.22 bits per heavy atom. The molecule has 0 aliphatic heterocycles. The molecule has 0 aliphatic carbocycles. The van der Waals surface area contributed by atoms with Gasteiger partial charge < -0.3 is 20.3 Å². The van der Waals surface area contributed by atoms with Crippen LogP contribution in [0.4, 0.5) is 5.69 Å². The van der Waals surface area contributed by atoms with Crippen LogP contribution in [0.1, 0.15) is 37.0 Å². The number of benzene rings is 1. The van der Waals surface area contributed by atoms with Gasteiger partial charge in [0.1, 0.15) is 5.56 Å². The SMILES string of the molecule is CCCOc1c(N)ccc(C(=O)O)c1OCCC. The lowest BCUT2D eigenvalue weighted by Gasteiger charge is -2.16. The standard InChI is InChI=1S/C13H19NO4/c1-3-7-17-11-9(13(15)16)5-6-10(14)12(11)18-8-4-2/h5-6H,3-4,7-8,14H2,1-2H3,(H,15,16). The summed E-state index contributed by atoms with van der Waals surface area (Å²) in [6, 6.07) is 2.95. The molecule has 0 bridgehead atoms. The second kappa shape index (κ2) is 6.74. The van der Waals surface area contributed by atoms with Gasteiger partial charge in [-0.15, -0.1) is 0 Å². The molecule has 0 atom stereocenters. The summed E-state index contributed by atoms with van der Waals surface area (Å²) in [5.74, 6) is -0.509. The number of carboxylic acids is 1. The van der Waals surface area contributed by atoms with Crippen molar-refractivity contribution in [2.24, 2.45) is 0 Å². The molecule has 0 amide bonds. The Balaban J connectivity index is 3.16. The highest BCUT2D eigenvalue weighted by atomic mass is 16.5. The zero-order chi connectivity index (χ0) is 13.5. The van der Waals surface area contributed by atoms with Crippen LogP contribution < -0.4 is 15.2 Å². The van der Waals surface area contributed by atoms with E-state index in [9.17, 15) is 4.79 Å². The molecule has 1 rings (SSSR count). The van der Waals surface area contributed by atoms with Crippen molar-refractivity contribution in [3.63, 3.8) is 0 Å². The van der Waals surface area contributed by atoms with Gasteiger partial charge in [0.15, 0.2) is 11.5 Å². The summed E-state index contributed by atoms with van der Waals surface area (Å²) in [6.07, 6.45) is 1.59. The predicted octanol–water partition coefficient (Wildman–Crippen LogP) is 2.54. The van der Waals surface area contributed by atoms with E-state index in [0.29, 0.717) is 24.7 Å². The molecule has 100 valence electrons. The van der Waals surface area contributed by atoms with E-state index in [1.54, 1.807) is 0 Å². The van der Waals surface area contributed by atoms with Gasteiger partial charge in [0.25, 0.3) is 0 Å². The highest BCUT2D eigenvalue weighted by Gasteiger charge is 2.19. The van der Waals surface area contributed by atoms with Crippen molar-refractivity contribution in [3.05, 3.63) is 17.7 Å². The van der Waals surface area contributed by atoms with Crippen LogP contribution in [0.3, 0.4) is 0 Å². The first kappa shape index (κ1) is 14.2. The smallest absolute Gasteiger partial charge is 0.339 e. The van der Waals surface area contributed by atoms with E-state index in [1.165, 1.54) is 12.1 Å². The fraction of sp³-hybridized carbons (Fsp3) is 0.462. The number of carboxylic acid groups (broad SMARTS) is 1. The van der Waals surface area contributed by atoms with Crippen molar-refractivity contribution in [1.82, 2.24) is 0 Å². The summed E-state index contributed by atoms with van der Waals surface area (Å²) in [5, 5.41) is 9.13. The van der Waals surface area contributed by atoms with Crippen molar-refractivity contribution in [2.45, 2.75) is 26.7 Å². The van der Waals surface area contributed by atoms with Crippen LogP contribution in [0.15, 0.2) is 12.1 Å². The van der Waals surface area contributed by atoms with Gasteiger partial charge in [0, 0.05) is 0 Å². The Morgan fingerprint density at radius 2 is 1.72 bits per heavy atom. The Kier molecular flexibility index (Phi) is 5.30. The van der Waals surface area contributed by atoms with Gasteiger partial charge in [0.05, 0.1) is 18.9 Å². The number of anilines is 1. The van der Waals surface area contributed by atoms with Crippen LogP contribution >= 0.6 is 0 Å². The predicted molar refractivity (Wildman–Crippen MR) is 69.4 cm³/mol. The number of rotatable bonds is 7. The minimum Gasteiger partial charge on any atom is -0.489 e. The lowest BCUT2D eigenvalue weighted by Crippen LogP contribution is -2.09. The number of hydrogen-bond acceptors (Lipinski definition) is 4. The molecule has 0 saturated carbocycles. The third kappa shape index (κ3) is 3.29. The number of carbonyl (C=O) groups is 1. The Hall–Kier alpha value is -1.91. The van der Waals surface area contributed by atoms with E-state index in [-0.39, 0.29) is 11.3 Å². The lowest BCUT2D eigenvalue weighted by atomic mass is 10.1. The van der Waals surface area contributed by atoms with Gasteiger partial charge in [-0.05, 0) is 25.0 Å². The van der Waals surface area contributed by atoms with Crippen molar-refractivity contribution in [3.8, 4) is 11.5 Å². The summed E-state index contributed by atoms with van der Waals surface area (Å²) < 4.78 is 11.0. The van der Waals surface area contributed by atoms with E-state index in [1.807, 2.05) is 13.8 Å². The minimum atomic E-state index is -1.05. The number of aromatic carboxylic acids is 1. The van der Waals surface area contributed by atoms with Gasteiger partial charge in [0.2, 0.25) is 0 Å². The first-order chi connectivity index (χ1) is 8.61. The second-order valence-electron chi connectivity index (χ2n) is 3.86. The maximum absolute atomic E-state index is 11.1. The third-order valence-corrected chi connectivity index (χ3v) is 2.27.